The number of alkyl carbamates (subject to hydrolysis) is 1. The molecule has 5 bridgehead atoms. The third-order valence-electron chi connectivity index (χ3n) is 11.5. The largest absolute Gasteiger partial charge is 0.449 e. The summed E-state index contributed by atoms with van der Waals surface area (Å²) in [6.45, 7) is 2.79. The minimum absolute atomic E-state index is 0.0502. The summed E-state index contributed by atoms with van der Waals surface area (Å²) in [5.74, 6) is -2.34. The summed E-state index contributed by atoms with van der Waals surface area (Å²) in [6.07, 6.45) is 12.6. The zero-order chi connectivity index (χ0) is 38.0. The Labute approximate surface area is 316 Å². The van der Waals surface area contributed by atoms with E-state index in [1.165, 1.54) is 4.90 Å². The number of cyclic esters (lactones) is 1. The molecule has 7 rings (SSSR count). The van der Waals surface area contributed by atoms with Gasteiger partial charge in [0.15, 0.2) is 0 Å². The number of carbonyl (C=O) groups excluding carboxylic acids is 5. The Morgan fingerprint density at radius 3 is 2.61 bits per heavy atom. The molecule has 3 fully saturated rings. The molecule has 1 aromatic rings. The molecule has 0 spiro atoms. The number of allylic oxidation sites excluding steroid dienone is 2. The number of ether oxygens (including phenoxy) is 2. The molecular weight excluding hydrogens is 715 g/mol. The normalized spacial score (nSPS) is 32.4. The Kier molecular flexibility index (Phi) is 11.1. The molecule has 0 radical (unpaired) electrons. The van der Waals surface area contributed by atoms with Gasteiger partial charge < -0.3 is 25.0 Å². The van der Waals surface area contributed by atoms with Crippen LogP contribution in [-0.2, 0) is 47.0 Å². The maximum absolute atomic E-state index is 14.4. The van der Waals surface area contributed by atoms with Crippen molar-refractivity contribution in [3.8, 4) is 0 Å². The summed E-state index contributed by atoms with van der Waals surface area (Å²) in [6, 6.07) is 3.80. The summed E-state index contributed by atoms with van der Waals surface area (Å²) < 4.78 is 39.4. The number of hydrogen-bond acceptors (Lipinski definition) is 9. The van der Waals surface area contributed by atoms with Crippen LogP contribution in [0.5, 0.6) is 0 Å². The number of nitrogens with one attached hydrogen (secondary N) is 3. The van der Waals surface area contributed by atoms with Gasteiger partial charge in [-0.2, -0.15) is 0 Å². The summed E-state index contributed by atoms with van der Waals surface area (Å²) in [4.78, 5) is 72.1. The molecule has 5 amide bonds. The van der Waals surface area contributed by atoms with Crippen molar-refractivity contribution < 1.29 is 41.9 Å². The highest BCUT2D eigenvalue weighted by Gasteiger charge is 2.62. The Balaban J connectivity index is 1.17. The second-order valence-corrected chi connectivity index (χ2v) is 17.8. The standard InChI is InChI=1S/C39H51N5O9S/c1-25-11-6-5-7-12-26-13-10-14-27-21-43(23-31(26)27)38(49)53-29-19-33-34(45)41-39(36(47)42-54(50,51)30-17-18-30)20-28(39)15-8-3-2-4-9-16-32(35(46)44(33)22-29)40-37(48)52-24-25/h7-8,10,12-15,25,28-30,32-33H,2-6,9,11,16-24H2,1H3,(H,40,48)(H,41,45)(H,42,47)/b12-7+,15-8-/t25-,28-,29+,32-,33-,39+/m0/s1. The van der Waals surface area contributed by atoms with Crippen molar-refractivity contribution in [1.29, 1.82) is 0 Å². The fraction of sp³-hybridized carbons (Fsp3) is 0.615. The van der Waals surface area contributed by atoms with Crippen LogP contribution in [0.3, 0.4) is 0 Å². The predicted molar refractivity (Wildman–Crippen MR) is 198 cm³/mol. The zero-order valence-electron chi connectivity index (χ0n) is 30.8. The number of sulfonamides is 1. The topological polar surface area (TPSA) is 181 Å². The molecule has 15 heteroatoms. The lowest BCUT2D eigenvalue weighted by Gasteiger charge is -2.29. The van der Waals surface area contributed by atoms with E-state index in [9.17, 15) is 32.4 Å². The van der Waals surface area contributed by atoms with E-state index >= 15 is 0 Å². The van der Waals surface area contributed by atoms with E-state index in [-0.39, 0.29) is 31.9 Å². The number of carbonyl (C=O) groups is 5. The van der Waals surface area contributed by atoms with Crippen molar-refractivity contribution in [1.82, 2.24) is 25.2 Å². The fourth-order valence-electron chi connectivity index (χ4n) is 8.08. The van der Waals surface area contributed by atoms with Crippen LogP contribution in [0.2, 0.25) is 0 Å². The molecule has 1 aromatic carbocycles. The van der Waals surface area contributed by atoms with E-state index in [2.05, 4.69) is 27.5 Å². The zero-order valence-corrected chi connectivity index (χ0v) is 31.6. The summed E-state index contributed by atoms with van der Waals surface area (Å²) >= 11 is 0. The monoisotopic (exact) mass is 765 g/mol. The maximum atomic E-state index is 14.4. The van der Waals surface area contributed by atoms with Crippen molar-refractivity contribution in [2.45, 2.75) is 126 Å². The van der Waals surface area contributed by atoms with E-state index in [0.717, 1.165) is 48.8 Å². The molecule has 3 N–H and O–H groups in total. The number of rotatable bonds is 3. The van der Waals surface area contributed by atoms with E-state index in [1.54, 1.807) is 4.90 Å². The van der Waals surface area contributed by atoms with Gasteiger partial charge in [0.1, 0.15) is 23.7 Å². The average Bonchev–Trinajstić information content (AvgIpc) is 4.02. The van der Waals surface area contributed by atoms with Gasteiger partial charge in [0.2, 0.25) is 21.8 Å². The van der Waals surface area contributed by atoms with Crippen LogP contribution in [0.25, 0.3) is 6.08 Å². The minimum atomic E-state index is -3.90. The van der Waals surface area contributed by atoms with Gasteiger partial charge >= 0.3 is 12.2 Å². The van der Waals surface area contributed by atoms with Crippen LogP contribution >= 0.6 is 0 Å². The molecule has 292 valence electrons. The van der Waals surface area contributed by atoms with Crippen LogP contribution in [-0.4, -0.2) is 90.3 Å². The first kappa shape index (κ1) is 37.9. The van der Waals surface area contributed by atoms with Gasteiger partial charge in [-0.15, -0.1) is 0 Å². The first-order valence-corrected chi connectivity index (χ1v) is 21.0. The third-order valence-corrected chi connectivity index (χ3v) is 13.4. The number of fused-ring (bicyclic) bond motifs is 4. The van der Waals surface area contributed by atoms with Crippen molar-refractivity contribution >= 4 is 46.0 Å². The molecule has 2 aliphatic carbocycles. The third kappa shape index (κ3) is 8.45. The second-order valence-electron chi connectivity index (χ2n) is 15.8. The molecule has 2 saturated carbocycles. The van der Waals surface area contributed by atoms with Crippen molar-refractivity contribution in [3.05, 3.63) is 53.1 Å². The van der Waals surface area contributed by atoms with Crippen molar-refractivity contribution in [2.75, 3.05) is 13.2 Å². The number of amides is 5. The van der Waals surface area contributed by atoms with E-state index < -0.39 is 74.8 Å². The number of hydrogen-bond donors (Lipinski definition) is 3. The molecule has 4 heterocycles. The molecule has 0 aromatic heterocycles. The van der Waals surface area contributed by atoms with Crippen LogP contribution in [0.1, 0.15) is 101 Å². The van der Waals surface area contributed by atoms with Gasteiger partial charge in [-0.05, 0) is 80.4 Å². The van der Waals surface area contributed by atoms with Crippen molar-refractivity contribution in [2.24, 2.45) is 11.8 Å². The number of benzene rings is 1. The highest BCUT2D eigenvalue weighted by atomic mass is 32.2. The van der Waals surface area contributed by atoms with E-state index in [4.69, 9.17) is 9.47 Å². The van der Waals surface area contributed by atoms with E-state index in [0.29, 0.717) is 45.2 Å². The summed E-state index contributed by atoms with van der Waals surface area (Å²) in [5.41, 5.74) is 1.57. The predicted octanol–water partition coefficient (Wildman–Crippen LogP) is 4.04. The highest BCUT2D eigenvalue weighted by molar-refractivity contribution is 7.91. The van der Waals surface area contributed by atoms with E-state index in [1.807, 2.05) is 37.3 Å². The molecular formula is C39H51N5O9S. The molecule has 0 unspecified atom stereocenters. The lowest BCUT2D eigenvalue weighted by molar-refractivity contribution is -0.141. The Bertz CT molecular complexity index is 1830. The van der Waals surface area contributed by atoms with Crippen molar-refractivity contribution in [3.63, 3.8) is 0 Å². The van der Waals surface area contributed by atoms with Crippen LogP contribution in [0.15, 0.2) is 36.4 Å². The smallest absolute Gasteiger partial charge is 0.410 e. The lowest BCUT2D eigenvalue weighted by Crippen LogP contribution is -2.58. The maximum Gasteiger partial charge on any atom is 0.410 e. The summed E-state index contributed by atoms with van der Waals surface area (Å²) in [5, 5.41) is 4.96. The highest BCUT2D eigenvalue weighted by Crippen LogP contribution is 2.46. The van der Waals surface area contributed by atoms with Gasteiger partial charge in [-0.1, -0.05) is 62.3 Å². The van der Waals surface area contributed by atoms with Gasteiger partial charge in [0, 0.05) is 18.9 Å². The van der Waals surface area contributed by atoms with Gasteiger partial charge in [-0.3, -0.25) is 24.0 Å². The van der Waals surface area contributed by atoms with Gasteiger partial charge in [0.05, 0.1) is 24.9 Å². The minimum Gasteiger partial charge on any atom is -0.449 e. The number of nitrogens with zero attached hydrogens (tertiary/aromatic N) is 2. The fourth-order valence-corrected chi connectivity index (χ4v) is 9.44. The lowest BCUT2D eigenvalue weighted by atomic mass is 10.0. The molecule has 6 aliphatic rings. The van der Waals surface area contributed by atoms with Gasteiger partial charge in [-0.25, -0.2) is 18.0 Å². The van der Waals surface area contributed by atoms with Gasteiger partial charge in [0.25, 0.3) is 5.91 Å². The Morgan fingerprint density at radius 2 is 1.80 bits per heavy atom. The summed E-state index contributed by atoms with van der Waals surface area (Å²) in [7, 11) is -3.90. The average molecular weight is 766 g/mol. The quantitative estimate of drug-likeness (QED) is 0.383. The SMILES string of the molecule is C[C@H]1CCC/C=C/c2cccc3c2CN(C3)C(=O)O[C@@H]2C[C@H]3C(=O)N[C@]4(C(=O)NS(=O)(=O)C5CC5)C[C@@H]4/C=C\CCCCC[C@H](NC(=O)OC1)C(=O)N3C2. The Hall–Kier alpha value is -4.40. The molecule has 1 saturated heterocycles. The molecule has 6 atom stereocenters. The molecule has 54 heavy (non-hydrogen) atoms. The van der Waals surface area contributed by atoms with Crippen LogP contribution in [0.4, 0.5) is 9.59 Å². The van der Waals surface area contributed by atoms with Crippen LogP contribution in [0, 0.1) is 11.8 Å². The van der Waals surface area contributed by atoms with Crippen LogP contribution < -0.4 is 15.4 Å². The second kappa shape index (κ2) is 15.8. The molecule has 14 nitrogen and oxygen atoms in total. The first-order valence-electron chi connectivity index (χ1n) is 19.4. The Morgan fingerprint density at radius 1 is 0.981 bits per heavy atom. The first-order chi connectivity index (χ1) is 25.9. The molecule has 4 aliphatic heterocycles.